The van der Waals surface area contributed by atoms with E-state index in [0.29, 0.717) is 5.41 Å². The molecule has 5 nitrogen and oxygen atoms in total. The number of aliphatic carboxylic acids is 1. The Bertz CT molecular complexity index is 844. The molecule has 6 aliphatic rings. The number of rotatable bonds is 4. The molecule has 6 fully saturated rings. The summed E-state index contributed by atoms with van der Waals surface area (Å²) in [5.41, 5.74) is 0.904. The summed E-state index contributed by atoms with van der Waals surface area (Å²) in [5.74, 6) is 3.00. The highest BCUT2D eigenvalue weighted by Crippen LogP contribution is 2.74. The number of carbonyl (C=O) groups excluding carboxylic acids is 1. The molecule has 5 saturated carbocycles. The molecule has 5 heteroatoms. The minimum Gasteiger partial charge on any atom is -0.480 e. The van der Waals surface area contributed by atoms with Crippen molar-refractivity contribution >= 4 is 11.9 Å². The summed E-state index contributed by atoms with van der Waals surface area (Å²) in [7, 11) is 0. The zero-order valence-electron chi connectivity index (χ0n) is 20.1. The standard InChI is InChI=1S/C27H41NO4/c1-4-25(3)21-8-7-19-17-6-5-16-13-26(14-20(26)23(31)28-15-22(29)30)12-11-24(16,2)18(17)9-10-27(19,21)32-25/h16-21H,4-15H2,1-3H3,(H,28,31)(H,29,30)/t16?,17-,18?,19?,20?,21?,24+,25+,26+,27-/m1/s1. The third kappa shape index (κ3) is 2.66. The first-order valence-electron chi connectivity index (χ1n) is 13.4. The Labute approximate surface area is 192 Å². The van der Waals surface area contributed by atoms with Gasteiger partial charge in [0.1, 0.15) is 6.54 Å². The van der Waals surface area contributed by atoms with Gasteiger partial charge in [-0.3, -0.25) is 9.59 Å². The molecule has 1 amide bonds. The zero-order chi connectivity index (χ0) is 22.5. The molecular weight excluding hydrogens is 402 g/mol. The van der Waals surface area contributed by atoms with Crippen LogP contribution in [0.5, 0.6) is 0 Å². The van der Waals surface area contributed by atoms with E-state index in [-0.39, 0.29) is 35.0 Å². The van der Waals surface area contributed by atoms with Crippen LogP contribution in [-0.4, -0.2) is 34.7 Å². The molecule has 5 aliphatic carbocycles. The summed E-state index contributed by atoms with van der Waals surface area (Å²) >= 11 is 0. The van der Waals surface area contributed by atoms with Crippen molar-refractivity contribution in [3.63, 3.8) is 0 Å². The SMILES string of the molecule is CC[C@]1(C)O[C@]23CCC4[C@@H](CCC5C[C@@]6(CC[C@@]54C)CC6C(=O)NCC(=O)O)C2CCC31. The normalized spacial score (nSPS) is 55.1. The lowest BCUT2D eigenvalue weighted by molar-refractivity contribution is -0.342. The number of ether oxygens (including phenoxy) is 1. The van der Waals surface area contributed by atoms with Gasteiger partial charge in [0.05, 0.1) is 11.2 Å². The lowest BCUT2D eigenvalue weighted by Gasteiger charge is -2.67. The van der Waals surface area contributed by atoms with Crippen LogP contribution < -0.4 is 5.32 Å². The average molecular weight is 444 g/mol. The van der Waals surface area contributed by atoms with Crippen LogP contribution >= 0.6 is 0 Å². The maximum atomic E-state index is 12.5. The summed E-state index contributed by atoms with van der Waals surface area (Å²) in [6.45, 7) is 6.99. The van der Waals surface area contributed by atoms with Gasteiger partial charge in [0, 0.05) is 11.8 Å². The van der Waals surface area contributed by atoms with Crippen molar-refractivity contribution in [2.24, 2.45) is 46.3 Å². The number of carboxylic acids is 1. The Kier molecular flexibility index (Phi) is 4.51. The second kappa shape index (κ2) is 6.73. The van der Waals surface area contributed by atoms with Crippen molar-refractivity contribution < 1.29 is 19.4 Å². The van der Waals surface area contributed by atoms with Crippen molar-refractivity contribution in [1.82, 2.24) is 5.32 Å². The molecule has 0 aromatic rings. The fourth-order valence-electron chi connectivity index (χ4n) is 10.3. The third-order valence-corrected chi connectivity index (χ3v) is 12.1. The molecule has 0 aromatic carbocycles. The second-order valence-electron chi connectivity index (χ2n) is 13.0. The van der Waals surface area contributed by atoms with Gasteiger partial charge in [0.2, 0.25) is 5.91 Å². The summed E-state index contributed by atoms with van der Waals surface area (Å²) in [6, 6.07) is 0. The molecule has 1 heterocycles. The topological polar surface area (TPSA) is 75.6 Å². The third-order valence-electron chi connectivity index (χ3n) is 12.1. The van der Waals surface area contributed by atoms with E-state index in [4.69, 9.17) is 9.84 Å². The van der Waals surface area contributed by atoms with E-state index < -0.39 is 5.97 Å². The quantitative estimate of drug-likeness (QED) is 0.655. The van der Waals surface area contributed by atoms with Crippen molar-refractivity contribution in [2.45, 2.75) is 103 Å². The molecule has 1 aliphatic heterocycles. The highest BCUT2D eigenvalue weighted by molar-refractivity contribution is 5.85. The van der Waals surface area contributed by atoms with Gasteiger partial charge in [0.25, 0.3) is 0 Å². The average Bonchev–Trinajstić information content (AvgIpc) is 3.36. The smallest absolute Gasteiger partial charge is 0.322 e. The number of fused-ring (bicyclic) bond motifs is 4. The first-order valence-corrected chi connectivity index (χ1v) is 13.4. The van der Waals surface area contributed by atoms with E-state index in [2.05, 4.69) is 26.1 Å². The van der Waals surface area contributed by atoms with Crippen LogP contribution in [0.15, 0.2) is 0 Å². The molecular formula is C27H41NO4. The maximum absolute atomic E-state index is 12.5. The van der Waals surface area contributed by atoms with E-state index in [0.717, 1.165) is 48.9 Å². The Hall–Kier alpha value is -1.10. The molecule has 0 radical (unpaired) electrons. The van der Waals surface area contributed by atoms with Gasteiger partial charge in [-0.15, -0.1) is 0 Å². The summed E-state index contributed by atoms with van der Waals surface area (Å²) < 4.78 is 6.85. The van der Waals surface area contributed by atoms with Crippen LogP contribution in [-0.2, 0) is 14.3 Å². The molecule has 178 valence electrons. The van der Waals surface area contributed by atoms with Crippen LogP contribution in [0.25, 0.3) is 0 Å². The fraction of sp³-hybridized carbons (Fsp3) is 0.926. The molecule has 5 unspecified atom stereocenters. The first kappa shape index (κ1) is 21.4. The van der Waals surface area contributed by atoms with Gasteiger partial charge in [-0.1, -0.05) is 13.8 Å². The van der Waals surface area contributed by atoms with Crippen molar-refractivity contribution in [2.75, 3.05) is 6.54 Å². The van der Waals surface area contributed by atoms with E-state index in [1.165, 1.54) is 51.4 Å². The first-order chi connectivity index (χ1) is 15.2. The number of carbonyl (C=O) groups is 2. The van der Waals surface area contributed by atoms with Crippen LogP contribution in [0.1, 0.15) is 91.4 Å². The van der Waals surface area contributed by atoms with E-state index in [9.17, 15) is 9.59 Å². The van der Waals surface area contributed by atoms with Gasteiger partial charge >= 0.3 is 5.97 Å². The summed E-state index contributed by atoms with van der Waals surface area (Å²) in [4.78, 5) is 23.4. The van der Waals surface area contributed by atoms with Gasteiger partial charge in [-0.25, -0.2) is 0 Å². The predicted molar refractivity (Wildman–Crippen MR) is 121 cm³/mol. The van der Waals surface area contributed by atoms with Crippen molar-refractivity contribution in [1.29, 1.82) is 0 Å². The van der Waals surface area contributed by atoms with Crippen molar-refractivity contribution in [3.05, 3.63) is 0 Å². The van der Waals surface area contributed by atoms with Gasteiger partial charge in [-0.05, 0) is 112 Å². The number of nitrogens with one attached hydrogen (secondary N) is 1. The number of hydrogen-bond acceptors (Lipinski definition) is 3. The Morgan fingerprint density at radius 2 is 1.81 bits per heavy atom. The number of amides is 1. The van der Waals surface area contributed by atoms with Gasteiger partial charge in [-0.2, -0.15) is 0 Å². The van der Waals surface area contributed by atoms with E-state index >= 15 is 0 Å². The summed E-state index contributed by atoms with van der Waals surface area (Å²) in [5, 5.41) is 11.5. The van der Waals surface area contributed by atoms with Gasteiger partial charge < -0.3 is 15.2 Å². The molecule has 2 spiro atoms. The number of hydrogen-bond donors (Lipinski definition) is 2. The van der Waals surface area contributed by atoms with E-state index in [1.807, 2.05) is 0 Å². The molecule has 1 saturated heterocycles. The molecule has 32 heavy (non-hydrogen) atoms. The van der Waals surface area contributed by atoms with Crippen LogP contribution in [0, 0.1) is 46.3 Å². The Balaban J connectivity index is 1.15. The minimum atomic E-state index is -0.957. The van der Waals surface area contributed by atoms with Crippen molar-refractivity contribution in [3.8, 4) is 0 Å². The molecule has 2 N–H and O–H groups in total. The highest BCUT2D eigenvalue weighted by atomic mass is 16.6. The second-order valence-corrected chi connectivity index (χ2v) is 13.0. The predicted octanol–water partition coefficient (Wildman–Crippen LogP) is 4.78. The van der Waals surface area contributed by atoms with Gasteiger partial charge in [0.15, 0.2) is 0 Å². The Morgan fingerprint density at radius 3 is 2.56 bits per heavy atom. The van der Waals surface area contributed by atoms with Crippen LogP contribution in [0.2, 0.25) is 0 Å². The lowest BCUT2D eigenvalue weighted by atomic mass is 9.44. The Morgan fingerprint density at radius 1 is 1.00 bits per heavy atom. The largest absolute Gasteiger partial charge is 0.480 e. The number of carboxylic acid groups (broad SMARTS) is 1. The zero-order valence-corrected chi connectivity index (χ0v) is 20.1. The molecule has 6 rings (SSSR count). The maximum Gasteiger partial charge on any atom is 0.322 e. The molecule has 10 atom stereocenters. The monoisotopic (exact) mass is 443 g/mol. The highest BCUT2D eigenvalue weighted by Gasteiger charge is 2.72. The minimum absolute atomic E-state index is 0.0256. The fourth-order valence-corrected chi connectivity index (χ4v) is 10.3. The summed E-state index contributed by atoms with van der Waals surface area (Å²) in [6.07, 6.45) is 13.7. The van der Waals surface area contributed by atoms with Crippen LogP contribution in [0.3, 0.4) is 0 Å². The molecule has 0 aromatic heterocycles. The lowest BCUT2D eigenvalue weighted by Crippen LogP contribution is -2.70. The van der Waals surface area contributed by atoms with Crippen LogP contribution in [0.4, 0.5) is 0 Å². The molecule has 0 bridgehead atoms. The van der Waals surface area contributed by atoms with E-state index in [1.54, 1.807) is 0 Å².